The summed E-state index contributed by atoms with van der Waals surface area (Å²) in [6, 6.07) is 0. The summed E-state index contributed by atoms with van der Waals surface area (Å²) < 4.78 is 38.1. The van der Waals surface area contributed by atoms with E-state index in [0.29, 0.717) is 6.42 Å². The molecule has 1 rings (SSSR count). The van der Waals surface area contributed by atoms with Gasteiger partial charge in [-0.2, -0.15) is 0 Å². The van der Waals surface area contributed by atoms with Crippen LogP contribution < -0.4 is 4.72 Å². The largest absolute Gasteiger partial charge is 0.242 e. The smallest absolute Gasteiger partial charge is 0.209 e. The van der Waals surface area contributed by atoms with E-state index in [0.717, 1.165) is 22.5 Å². The highest BCUT2D eigenvalue weighted by molar-refractivity contribution is 7.92. The van der Waals surface area contributed by atoms with E-state index in [2.05, 4.69) is 9.71 Å². The number of rotatable bonds is 5. The standard InChI is InChI=1S/C12H22N2O3S3/c1-7-12(5,14-19(15)11(2,3)4)9-8-13-10(18-9)20(6,16)17/h8,14H,7H2,1-6H3/t12-,19-/m1/s1. The normalized spacial score (nSPS) is 17.7. The Morgan fingerprint density at radius 2 is 1.90 bits per heavy atom. The molecule has 0 aromatic carbocycles. The van der Waals surface area contributed by atoms with Gasteiger partial charge in [-0.05, 0) is 34.1 Å². The summed E-state index contributed by atoms with van der Waals surface area (Å²) in [6.07, 6.45) is 3.37. The van der Waals surface area contributed by atoms with Gasteiger partial charge >= 0.3 is 0 Å². The average molecular weight is 339 g/mol. The van der Waals surface area contributed by atoms with Gasteiger partial charge in [0.05, 0.1) is 21.3 Å². The molecule has 0 spiro atoms. The molecule has 1 heterocycles. The molecule has 0 radical (unpaired) electrons. The fraction of sp³-hybridized carbons (Fsp3) is 0.750. The van der Waals surface area contributed by atoms with Gasteiger partial charge in [0.1, 0.15) is 0 Å². The molecule has 0 amide bonds. The van der Waals surface area contributed by atoms with Crippen LogP contribution in [-0.2, 0) is 26.4 Å². The molecule has 0 bridgehead atoms. The van der Waals surface area contributed by atoms with Gasteiger partial charge in [0.2, 0.25) is 14.2 Å². The van der Waals surface area contributed by atoms with E-state index >= 15 is 0 Å². The van der Waals surface area contributed by atoms with Crippen molar-refractivity contribution in [3.8, 4) is 0 Å². The first kappa shape index (κ1) is 17.7. The Labute approximate surface area is 127 Å². The number of nitrogens with one attached hydrogen (secondary N) is 1. The third kappa shape index (κ3) is 4.09. The zero-order chi connectivity index (χ0) is 15.8. The van der Waals surface area contributed by atoms with Crippen LogP contribution in [-0.4, -0.2) is 28.6 Å². The van der Waals surface area contributed by atoms with E-state index in [1.54, 1.807) is 6.20 Å². The molecule has 20 heavy (non-hydrogen) atoms. The Balaban J connectivity index is 3.12. The summed E-state index contributed by atoms with van der Waals surface area (Å²) in [4.78, 5) is 4.74. The van der Waals surface area contributed by atoms with Crippen LogP contribution in [0.15, 0.2) is 10.5 Å². The molecule has 116 valence electrons. The number of thiazole rings is 1. The highest BCUT2D eigenvalue weighted by atomic mass is 32.2. The minimum atomic E-state index is -3.30. The third-order valence-electron chi connectivity index (χ3n) is 2.93. The second kappa shape index (κ2) is 5.82. The molecule has 2 atom stereocenters. The van der Waals surface area contributed by atoms with E-state index in [1.807, 2.05) is 34.6 Å². The molecule has 0 saturated heterocycles. The molecule has 5 nitrogen and oxygen atoms in total. The Morgan fingerprint density at radius 3 is 2.25 bits per heavy atom. The van der Waals surface area contributed by atoms with Crippen LogP contribution in [0.2, 0.25) is 0 Å². The maximum atomic E-state index is 12.3. The van der Waals surface area contributed by atoms with Crippen LogP contribution in [0.25, 0.3) is 0 Å². The lowest BCUT2D eigenvalue weighted by Gasteiger charge is -2.31. The van der Waals surface area contributed by atoms with Gasteiger partial charge in [0.25, 0.3) is 0 Å². The van der Waals surface area contributed by atoms with E-state index in [1.165, 1.54) is 0 Å². The van der Waals surface area contributed by atoms with E-state index in [-0.39, 0.29) is 9.09 Å². The molecule has 1 aromatic rings. The Kier molecular flexibility index (Phi) is 5.17. The molecule has 1 N–H and O–H groups in total. The van der Waals surface area contributed by atoms with Gasteiger partial charge in [-0.15, -0.1) is 11.3 Å². The average Bonchev–Trinajstić information content (AvgIpc) is 2.76. The number of nitrogens with zero attached hydrogens (tertiary/aromatic N) is 1. The fourth-order valence-electron chi connectivity index (χ4n) is 1.34. The summed E-state index contributed by atoms with van der Waals surface area (Å²) in [6.45, 7) is 9.55. The monoisotopic (exact) mass is 338 g/mol. The summed E-state index contributed by atoms with van der Waals surface area (Å²) in [5.41, 5.74) is -0.557. The summed E-state index contributed by atoms with van der Waals surface area (Å²) in [5, 5.41) is 0. The van der Waals surface area contributed by atoms with Gasteiger partial charge in [0.15, 0.2) is 0 Å². The van der Waals surface area contributed by atoms with Crippen molar-refractivity contribution < 1.29 is 12.6 Å². The molecule has 0 aliphatic rings. The minimum Gasteiger partial charge on any atom is -0.242 e. The molecule has 0 aliphatic carbocycles. The maximum Gasteiger partial charge on any atom is 0.209 e. The zero-order valence-electron chi connectivity index (χ0n) is 12.7. The highest BCUT2D eigenvalue weighted by Crippen LogP contribution is 2.32. The molecule has 1 aromatic heterocycles. The summed E-state index contributed by atoms with van der Waals surface area (Å²) in [5.74, 6) is 0. The first-order valence-corrected chi connectivity index (χ1v) is 10.1. The van der Waals surface area contributed by atoms with Gasteiger partial charge in [-0.25, -0.2) is 22.3 Å². The van der Waals surface area contributed by atoms with Crippen molar-refractivity contribution in [1.29, 1.82) is 0 Å². The third-order valence-corrected chi connectivity index (χ3v) is 7.63. The van der Waals surface area contributed by atoms with Crippen molar-refractivity contribution in [2.75, 3.05) is 6.26 Å². The van der Waals surface area contributed by atoms with Crippen molar-refractivity contribution in [2.45, 2.75) is 55.7 Å². The topological polar surface area (TPSA) is 76.1 Å². The van der Waals surface area contributed by atoms with Crippen molar-refractivity contribution in [3.63, 3.8) is 0 Å². The number of hydrogen-bond acceptors (Lipinski definition) is 5. The second-order valence-electron chi connectivity index (χ2n) is 5.93. The second-order valence-corrected chi connectivity index (χ2v) is 11.1. The van der Waals surface area contributed by atoms with Crippen LogP contribution in [0, 0.1) is 0 Å². The SMILES string of the molecule is CC[C@@](C)(N[S@](=O)C(C)(C)C)c1cnc(S(C)(=O)=O)s1. The quantitative estimate of drug-likeness (QED) is 0.893. The molecule has 0 unspecified atom stereocenters. The van der Waals surface area contributed by atoms with Crippen molar-refractivity contribution in [3.05, 3.63) is 11.1 Å². The molecule has 0 fully saturated rings. The predicted molar refractivity (Wildman–Crippen MR) is 83.9 cm³/mol. The van der Waals surface area contributed by atoms with E-state index < -0.39 is 26.4 Å². The molecular formula is C12H22N2O3S3. The van der Waals surface area contributed by atoms with Crippen LogP contribution in [0.1, 0.15) is 45.9 Å². The number of hydrogen-bond donors (Lipinski definition) is 1. The molecule has 8 heteroatoms. The van der Waals surface area contributed by atoms with Gasteiger partial charge < -0.3 is 0 Å². The summed E-state index contributed by atoms with van der Waals surface area (Å²) in [7, 11) is -4.54. The minimum absolute atomic E-state index is 0.0931. The lowest BCUT2D eigenvalue weighted by atomic mass is 9.99. The maximum absolute atomic E-state index is 12.3. The van der Waals surface area contributed by atoms with E-state index in [9.17, 15) is 12.6 Å². The van der Waals surface area contributed by atoms with Crippen LogP contribution in [0.5, 0.6) is 0 Å². The Bertz CT molecular complexity index is 602. The lowest BCUT2D eigenvalue weighted by molar-refractivity contribution is 0.433. The van der Waals surface area contributed by atoms with Crippen LogP contribution in [0.3, 0.4) is 0 Å². The first-order valence-electron chi connectivity index (χ1n) is 6.26. The van der Waals surface area contributed by atoms with Gasteiger partial charge in [0, 0.05) is 17.3 Å². The highest BCUT2D eigenvalue weighted by Gasteiger charge is 2.33. The van der Waals surface area contributed by atoms with Gasteiger partial charge in [-0.1, -0.05) is 6.92 Å². The predicted octanol–water partition coefficient (Wildman–Crippen LogP) is 2.22. The molecule has 0 saturated carbocycles. The Hall–Kier alpha value is -0.310. The fourth-order valence-corrected chi connectivity index (χ4v) is 4.31. The first-order chi connectivity index (χ1) is 8.90. The molecule has 0 aliphatic heterocycles. The van der Waals surface area contributed by atoms with Crippen molar-refractivity contribution in [1.82, 2.24) is 9.71 Å². The van der Waals surface area contributed by atoms with Crippen molar-refractivity contribution >= 4 is 32.2 Å². The van der Waals surface area contributed by atoms with E-state index in [4.69, 9.17) is 0 Å². The number of aromatic nitrogens is 1. The Morgan fingerprint density at radius 1 is 1.35 bits per heavy atom. The zero-order valence-corrected chi connectivity index (χ0v) is 15.1. The number of sulfone groups is 1. The van der Waals surface area contributed by atoms with Crippen LogP contribution >= 0.6 is 11.3 Å². The van der Waals surface area contributed by atoms with Gasteiger partial charge in [-0.3, -0.25) is 0 Å². The lowest BCUT2D eigenvalue weighted by Crippen LogP contribution is -2.45. The summed E-state index contributed by atoms with van der Waals surface area (Å²) >= 11 is 1.13. The van der Waals surface area contributed by atoms with Crippen molar-refractivity contribution in [2.24, 2.45) is 0 Å². The van der Waals surface area contributed by atoms with Crippen LogP contribution in [0.4, 0.5) is 0 Å². The molecular weight excluding hydrogens is 316 g/mol.